The third-order valence-electron chi connectivity index (χ3n) is 2.88. The van der Waals surface area contributed by atoms with Crippen molar-refractivity contribution < 1.29 is 4.39 Å². The van der Waals surface area contributed by atoms with Crippen molar-refractivity contribution in [2.45, 2.75) is 45.2 Å². The molecule has 1 saturated heterocycles. The second-order valence-corrected chi connectivity index (χ2v) is 4.44. The second kappa shape index (κ2) is 6.36. The summed E-state index contributed by atoms with van der Waals surface area (Å²) in [5.74, 6) is 0. The van der Waals surface area contributed by atoms with Gasteiger partial charge in [0.1, 0.15) is 6.67 Å². The Bertz CT molecular complexity index is 148. The van der Waals surface area contributed by atoms with Gasteiger partial charge in [0.15, 0.2) is 0 Å². The minimum absolute atomic E-state index is 0.210. The molecule has 1 aliphatic heterocycles. The molecular formula is C11H23FN2. The van der Waals surface area contributed by atoms with E-state index in [-0.39, 0.29) is 6.67 Å². The van der Waals surface area contributed by atoms with E-state index in [1.54, 1.807) is 0 Å². The third-order valence-corrected chi connectivity index (χ3v) is 2.88. The molecule has 0 bridgehead atoms. The molecule has 14 heavy (non-hydrogen) atoms. The fourth-order valence-corrected chi connectivity index (χ4v) is 2.07. The molecule has 1 aliphatic rings. The molecule has 0 amide bonds. The van der Waals surface area contributed by atoms with Gasteiger partial charge in [-0.2, -0.15) is 0 Å². The van der Waals surface area contributed by atoms with Crippen LogP contribution in [0.5, 0.6) is 0 Å². The van der Waals surface area contributed by atoms with Crippen molar-refractivity contribution in [3.63, 3.8) is 0 Å². The highest BCUT2D eigenvalue weighted by atomic mass is 19.1. The van der Waals surface area contributed by atoms with Gasteiger partial charge in [-0.3, -0.25) is 4.90 Å². The molecule has 0 spiro atoms. The molecule has 1 unspecified atom stereocenters. The molecule has 0 aliphatic carbocycles. The van der Waals surface area contributed by atoms with Crippen molar-refractivity contribution in [2.75, 3.05) is 26.3 Å². The van der Waals surface area contributed by atoms with Gasteiger partial charge in [0.2, 0.25) is 0 Å². The summed E-state index contributed by atoms with van der Waals surface area (Å²) in [5.41, 5.74) is 0. The Labute approximate surface area is 86.9 Å². The Morgan fingerprint density at radius 1 is 1.43 bits per heavy atom. The lowest BCUT2D eigenvalue weighted by molar-refractivity contribution is 0.134. The number of nitrogens with zero attached hydrogens (tertiary/aromatic N) is 1. The molecule has 1 heterocycles. The molecule has 1 N–H and O–H groups in total. The van der Waals surface area contributed by atoms with Gasteiger partial charge in [-0.25, -0.2) is 4.39 Å². The zero-order valence-electron chi connectivity index (χ0n) is 9.43. The van der Waals surface area contributed by atoms with Crippen molar-refractivity contribution in [1.82, 2.24) is 10.2 Å². The third kappa shape index (κ3) is 3.93. The van der Waals surface area contributed by atoms with Crippen molar-refractivity contribution in [2.24, 2.45) is 0 Å². The first-order valence-corrected chi connectivity index (χ1v) is 5.77. The summed E-state index contributed by atoms with van der Waals surface area (Å²) in [4.78, 5) is 2.29. The van der Waals surface area contributed by atoms with E-state index in [1.165, 1.54) is 19.3 Å². The largest absolute Gasteiger partial charge is 0.313 e. The molecule has 1 atom stereocenters. The Morgan fingerprint density at radius 2 is 2.21 bits per heavy atom. The first kappa shape index (κ1) is 11.9. The standard InChI is InChI=1S/C11H23FN2/c1-10(2)13-9-11-5-3-4-7-14(11)8-6-12/h10-11,13H,3-9H2,1-2H3. The molecular weight excluding hydrogens is 179 g/mol. The second-order valence-electron chi connectivity index (χ2n) is 4.44. The highest BCUT2D eigenvalue weighted by Gasteiger charge is 2.21. The number of halogens is 1. The molecule has 0 aromatic carbocycles. The summed E-state index contributed by atoms with van der Waals surface area (Å²) in [5, 5.41) is 3.44. The van der Waals surface area contributed by atoms with Gasteiger partial charge in [-0.1, -0.05) is 20.3 Å². The van der Waals surface area contributed by atoms with Gasteiger partial charge < -0.3 is 5.32 Å². The van der Waals surface area contributed by atoms with Crippen LogP contribution in [-0.2, 0) is 0 Å². The Hall–Kier alpha value is -0.150. The van der Waals surface area contributed by atoms with E-state index >= 15 is 0 Å². The summed E-state index contributed by atoms with van der Waals surface area (Å²) >= 11 is 0. The van der Waals surface area contributed by atoms with Crippen LogP contribution in [0.4, 0.5) is 4.39 Å². The minimum Gasteiger partial charge on any atom is -0.313 e. The summed E-state index contributed by atoms with van der Waals surface area (Å²) in [6.45, 7) is 6.80. The zero-order valence-corrected chi connectivity index (χ0v) is 9.43. The number of rotatable bonds is 5. The van der Waals surface area contributed by atoms with Gasteiger partial charge in [-0.05, 0) is 19.4 Å². The monoisotopic (exact) mass is 202 g/mol. The van der Waals surface area contributed by atoms with Crippen LogP contribution in [-0.4, -0.2) is 43.3 Å². The van der Waals surface area contributed by atoms with Crippen LogP contribution in [0.25, 0.3) is 0 Å². The smallest absolute Gasteiger partial charge is 0.102 e. The summed E-state index contributed by atoms with van der Waals surface area (Å²) in [6, 6.07) is 1.09. The Morgan fingerprint density at radius 3 is 2.86 bits per heavy atom. The number of hydrogen-bond donors (Lipinski definition) is 1. The fourth-order valence-electron chi connectivity index (χ4n) is 2.07. The lowest BCUT2D eigenvalue weighted by Crippen LogP contribution is -2.47. The molecule has 2 nitrogen and oxygen atoms in total. The Kier molecular flexibility index (Phi) is 5.41. The van der Waals surface area contributed by atoms with Crippen molar-refractivity contribution >= 4 is 0 Å². The highest BCUT2D eigenvalue weighted by Crippen LogP contribution is 2.16. The predicted octanol–water partition coefficient (Wildman–Crippen LogP) is 1.81. The SMILES string of the molecule is CC(C)NCC1CCCCN1CCF. The predicted molar refractivity (Wildman–Crippen MR) is 58.3 cm³/mol. The average molecular weight is 202 g/mol. The van der Waals surface area contributed by atoms with Gasteiger partial charge in [-0.15, -0.1) is 0 Å². The van der Waals surface area contributed by atoms with Crippen molar-refractivity contribution in [3.05, 3.63) is 0 Å². The number of hydrogen-bond acceptors (Lipinski definition) is 2. The van der Waals surface area contributed by atoms with E-state index in [0.717, 1.165) is 13.1 Å². The lowest BCUT2D eigenvalue weighted by atomic mass is 10.0. The van der Waals surface area contributed by atoms with E-state index in [4.69, 9.17) is 0 Å². The van der Waals surface area contributed by atoms with E-state index in [2.05, 4.69) is 24.1 Å². The van der Waals surface area contributed by atoms with E-state index in [0.29, 0.717) is 18.6 Å². The molecule has 0 aromatic rings. The summed E-state index contributed by atoms with van der Waals surface area (Å²) in [7, 11) is 0. The average Bonchev–Trinajstić information content (AvgIpc) is 2.17. The van der Waals surface area contributed by atoms with E-state index in [9.17, 15) is 4.39 Å². The first-order chi connectivity index (χ1) is 6.74. The topological polar surface area (TPSA) is 15.3 Å². The summed E-state index contributed by atoms with van der Waals surface area (Å²) < 4.78 is 12.3. The van der Waals surface area contributed by atoms with Crippen molar-refractivity contribution in [1.29, 1.82) is 0 Å². The summed E-state index contributed by atoms with van der Waals surface area (Å²) in [6.07, 6.45) is 3.76. The maximum Gasteiger partial charge on any atom is 0.102 e. The van der Waals surface area contributed by atoms with Crippen molar-refractivity contribution in [3.8, 4) is 0 Å². The van der Waals surface area contributed by atoms with Crippen LogP contribution in [0.3, 0.4) is 0 Å². The zero-order chi connectivity index (χ0) is 10.4. The van der Waals surface area contributed by atoms with E-state index < -0.39 is 0 Å². The maximum absolute atomic E-state index is 12.3. The number of piperidine rings is 1. The molecule has 1 fully saturated rings. The van der Waals surface area contributed by atoms with Crippen LogP contribution in [0, 0.1) is 0 Å². The van der Waals surface area contributed by atoms with Crippen LogP contribution in [0.15, 0.2) is 0 Å². The van der Waals surface area contributed by atoms with Gasteiger partial charge in [0, 0.05) is 25.2 Å². The first-order valence-electron chi connectivity index (χ1n) is 5.77. The molecule has 0 radical (unpaired) electrons. The van der Waals surface area contributed by atoms with Crippen LogP contribution in [0.2, 0.25) is 0 Å². The molecule has 0 saturated carbocycles. The Balaban J connectivity index is 2.30. The molecule has 0 aromatic heterocycles. The maximum atomic E-state index is 12.3. The van der Waals surface area contributed by atoms with Gasteiger partial charge in [0.05, 0.1) is 0 Å². The van der Waals surface area contributed by atoms with Crippen LogP contribution >= 0.6 is 0 Å². The minimum atomic E-state index is -0.210. The van der Waals surface area contributed by atoms with Crippen LogP contribution in [0.1, 0.15) is 33.1 Å². The quantitative estimate of drug-likeness (QED) is 0.731. The van der Waals surface area contributed by atoms with Crippen LogP contribution < -0.4 is 5.32 Å². The number of nitrogens with one attached hydrogen (secondary N) is 1. The highest BCUT2D eigenvalue weighted by molar-refractivity contribution is 4.79. The van der Waals surface area contributed by atoms with Gasteiger partial charge >= 0.3 is 0 Å². The normalized spacial score (nSPS) is 24.4. The van der Waals surface area contributed by atoms with Gasteiger partial charge in [0.25, 0.3) is 0 Å². The number of likely N-dealkylation sites (tertiary alicyclic amines) is 1. The molecule has 1 rings (SSSR count). The lowest BCUT2D eigenvalue weighted by Gasteiger charge is -2.35. The molecule has 84 valence electrons. The van der Waals surface area contributed by atoms with E-state index in [1.807, 2.05) is 0 Å². The fraction of sp³-hybridized carbons (Fsp3) is 1.00. The number of alkyl halides is 1. The molecule has 3 heteroatoms.